The highest BCUT2D eigenvalue weighted by atomic mass is 19.1. The molecule has 2 aromatic rings. The predicted octanol–water partition coefficient (Wildman–Crippen LogP) is 3.07. The van der Waals surface area contributed by atoms with Gasteiger partial charge in [0.05, 0.1) is 0 Å². The van der Waals surface area contributed by atoms with Crippen LogP contribution in [0.3, 0.4) is 0 Å². The Morgan fingerprint density at radius 2 is 1.75 bits per heavy atom. The first kappa shape index (κ1) is 22.3. The second-order valence-electron chi connectivity index (χ2n) is 8.83. The van der Waals surface area contributed by atoms with E-state index in [9.17, 15) is 18.8 Å². The summed E-state index contributed by atoms with van der Waals surface area (Å²) in [6, 6.07) is 5.56. The topological polar surface area (TPSA) is 85.5 Å². The van der Waals surface area contributed by atoms with Crippen LogP contribution in [0.25, 0.3) is 10.9 Å². The molecule has 32 heavy (non-hydrogen) atoms. The lowest BCUT2D eigenvalue weighted by molar-refractivity contribution is -0.139. The van der Waals surface area contributed by atoms with E-state index in [1.165, 1.54) is 18.6 Å². The van der Waals surface area contributed by atoms with Crippen molar-refractivity contribution in [1.29, 1.82) is 0 Å². The van der Waals surface area contributed by atoms with Gasteiger partial charge in [0.2, 0.25) is 11.8 Å². The van der Waals surface area contributed by atoms with Gasteiger partial charge in [-0.3, -0.25) is 14.4 Å². The Hall–Kier alpha value is -2.90. The fourth-order valence-electron chi connectivity index (χ4n) is 4.84. The van der Waals surface area contributed by atoms with Gasteiger partial charge in [0.1, 0.15) is 17.6 Å². The number of benzene rings is 1. The number of aromatic nitrogens is 1. The third kappa shape index (κ3) is 4.79. The Morgan fingerprint density at radius 1 is 1.06 bits per heavy atom. The first-order valence-corrected chi connectivity index (χ1v) is 11.6. The largest absolute Gasteiger partial charge is 0.351 e. The zero-order valence-electron chi connectivity index (χ0n) is 18.5. The molecule has 2 aliphatic rings. The summed E-state index contributed by atoms with van der Waals surface area (Å²) in [6.45, 7) is 3.51. The number of amides is 3. The molecule has 1 aliphatic carbocycles. The molecular weight excluding hydrogens is 411 g/mol. The molecule has 3 amide bonds. The van der Waals surface area contributed by atoms with Crippen molar-refractivity contribution in [3.05, 3.63) is 35.8 Å². The second-order valence-corrected chi connectivity index (χ2v) is 8.83. The highest BCUT2D eigenvalue weighted by Crippen LogP contribution is 2.28. The van der Waals surface area contributed by atoms with Gasteiger partial charge in [-0.05, 0) is 43.0 Å². The number of piperazine rings is 1. The Morgan fingerprint density at radius 3 is 2.44 bits per heavy atom. The zero-order chi connectivity index (χ0) is 22.7. The van der Waals surface area contributed by atoms with Gasteiger partial charge in [-0.1, -0.05) is 26.2 Å². The van der Waals surface area contributed by atoms with Crippen LogP contribution in [0.4, 0.5) is 4.39 Å². The molecule has 1 saturated heterocycles. The minimum atomic E-state index is -0.478. The standard InChI is InChI=1S/C24H31FN4O3/c1-2-21(30)27-22(16-6-4-3-5-7-16)24(32)29-12-10-28(11-13-29)23(31)20-15-17-14-18(25)8-9-19(17)26-20/h8-9,14-16,22,26H,2-7,10-13H2,1H3,(H,27,30)/t22-/m0/s1. The zero-order valence-corrected chi connectivity index (χ0v) is 18.5. The van der Waals surface area contributed by atoms with Crippen LogP contribution in [0, 0.1) is 11.7 Å². The summed E-state index contributed by atoms with van der Waals surface area (Å²) in [5.74, 6) is -0.454. The fourth-order valence-corrected chi connectivity index (χ4v) is 4.84. The number of hydrogen-bond acceptors (Lipinski definition) is 3. The van der Waals surface area contributed by atoms with Crippen LogP contribution in [0.1, 0.15) is 55.9 Å². The number of nitrogens with zero attached hydrogens (tertiary/aromatic N) is 2. The minimum absolute atomic E-state index is 0.0353. The summed E-state index contributed by atoms with van der Waals surface area (Å²) in [7, 11) is 0. The van der Waals surface area contributed by atoms with Gasteiger partial charge >= 0.3 is 0 Å². The average molecular weight is 443 g/mol. The smallest absolute Gasteiger partial charge is 0.270 e. The third-order valence-electron chi connectivity index (χ3n) is 6.72. The van der Waals surface area contributed by atoms with Gasteiger partial charge in [-0.2, -0.15) is 0 Å². The maximum atomic E-state index is 13.4. The predicted molar refractivity (Wildman–Crippen MR) is 120 cm³/mol. The summed E-state index contributed by atoms with van der Waals surface area (Å²) in [5.41, 5.74) is 1.13. The Balaban J connectivity index is 1.40. The van der Waals surface area contributed by atoms with E-state index in [0.717, 1.165) is 25.7 Å². The lowest BCUT2D eigenvalue weighted by atomic mass is 9.83. The van der Waals surface area contributed by atoms with Crippen LogP contribution >= 0.6 is 0 Å². The first-order valence-electron chi connectivity index (χ1n) is 11.6. The summed E-state index contributed by atoms with van der Waals surface area (Å²) >= 11 is 0. The molecule has 8 heteroatoms. The molecule has 0 radical (unpaired) electrons. The van der Waals surface area contributed by atoms with E-state index >= 15 is 0 Å². The SMILES string of the molecule is CCC(=O)N[C@H](C(=O)N1CCN(C(=O)c2cc3cc(F)ccc3[nH]2)CC1)C1CCCCC1. The first-order chi connectivity index (χ1) is 15.5. The molecule has 0 spiro atoms. The normalized spacial score (nSPS) is 18.6. The van der Waals surface area contributed by atoms with Gasteiger partial charge in [0.15, 0.2) is 0 Å². The van der Waals surface area contributed by atoms with Crippen molar-refractivity contribution in [3.63, 3.8) is 0 Å². The highest BCUT2D eigenvalue weighted by Gasteiger charge is 2.35. The average Bonchev–Trinajstić information content (AvgIpc) is 3.25. The monoisotopic (exact) mass is 442 g/mol. The van der Waals surface area contributed by atoms with Crippen molar-refractivity contribution < 1.29 is 18.8 Å². The number of H-pyrrole nitrogens is 1. The Labute approximate surface area is 187 Å². The molecule has 2 fully saturated rings. The summed E-state index contributed by atoms with van der Waals surface area (Å²) in [6.07, 6.45) is 5.63. The van der Waals surface area contributed by atoms with Gasteiger partial charge < -0.3 is 20.1 Å². The van der Waals surface area contributed by atoms with Crippen LogP contribution in [-0.2, 0) is 9.59 Å². The Kier molecular flexibility index (Phi) is 6.77. The number of carbonyl (C=O) groups excluding carboxylic acids is 3. The lowest BCUT2D eigenvalue weighted by Gasteiger charge is -2.38. The van der Waals surface area contributed by atoms with Crippen molar-refractivity contribution in [1.82, 2.24) is 20.1 Å². The van der Waals surface area contributed by atoms with E-state index in [4.69, 9.17) is 0 Å². The lowest BCUT2D eigenvalue weighted by Crippen LogP contribution is -2.57. The van der Waals surface area contributed by atoms with Crippen molar-refractivity contribution in [2.24, 2.45) is 5.92 Å². The molecule has 0 unspecified atom stereocenters. The molecule has 1 aromatic carbocycles. The number of halogens is 1. The molecule has 7 nitrogen and oxygen atoms in total. The van der Waals surface area contributed by atoms with Crippen molar-refractivity contribution in [3.8, 4) is 0 Å². The number of nitrogens with one attached hydrogen (secondary N) is 2. The second kappa shape index (κ2) is 9.71. The molecule has 1 atom stereocenters. The van der Waals surface area contributed by atoms with E-state index in [1.807, 2.05) is 0 Å². The van der Waals surface area contributed by atoms with Crippen molar-refractivity contribution in [2.45, 2.75) is 51.5 Å². The van der Waals surface area contributed by atoms with Crippen LogP contribution in [0.2, 0.25) is 0 Å². The van der Waals surface area contributed by atoms with E-state index in [1.54, 1.807) is 28.9 Å². The van der Waals surface area contributed by atoms with Crippen molar-refractivity contribution in [2.75, 3.05) is 26.2 Å². The Bertz CT molecular complexity index is 990. The van der Waals surface area contributed by atoms with Gasteiger partial charge in [0.25, 0.3) is 5.91 Å². The maximum Gasteiger partial charge on any atom is 0.270 e. The number of rotatable bonds is 5. The van der Waals surface area contributed by atoms with Crippen LogP contribution in [0.15, 0.2) is 24.3 Å². The number of fused-ring (bicyclic) bond motifs is 1. The number of carbonyl (C=O) groups is 3. The number of hydrogen-bond donors (Lipinski definition) is 2. The fraction of sp³-hybridized carbons (Fsp3) is 0.542. The summed E-state index contributed by atoms with van der Waals surface area (Å²) < 4.78 is 13.4. The minimum Gasteiger partial charge on any atom is -0.351 e. The molecule has 1 aromatic heterocycles. The molecule has 2 N–H and O–H groups in total. The van der Waals surface area contributed by atoms with Crippen LogP contribution < -0.4 is 5.32 Å². The molecule has 1 saturated carbocycles. The van der Waals surface area contributed by atoms with Crippen molar-refractivity contribution >= 4 is 28.6 Å². The van der Waals surface area contributed by atoms with Crippen LogP contribution in [-0.4, -0.2) is 64.7 Å². The molecule has 1 aliphatic heterocycles. The highest BCUT2D eigenvalue weighted by molar-refractivity contribution is 5.98. The van der Waals surface area contributed by atoms with Gasteiger partial charge in [-0.25, -0.2) is 4.39 Å². The summed E-state index contributed by atoms with van der Waals surface area (Å²) in [4.78, 5) is 44.9. The van der Waals surface area contributed by atoms with Crippen LogP contribution in [0.5, 0.6) is 0 Å². The van der Waals surface area contributed by atoms with E-state index in [-0.39, 0.29) is 29.5 Å². The summed E-state index contributed by atoms with van der Waals surface area (Å²) in [5, 5.41) is 3.62. The van der Waals surface area contributed by atoms with E-state index in [2.05, 4.69) is 10.3 Å². The maximum absolute atomic E-state index is 13.4. The molecule has 2 heterocycles. The van der Waals surface area contributed by atoms with Gasteiger partial charge in [-0.15, -0.1) is 0 Å². The molecule has 0 bridgehead atoms. The van der Waals surface area contributed by atoms with Gasteiger partial charge in [0, 0.05) is 43.5 Å². The number of aromatic amines is 1. The molecular formula is C24H31FN4O3. The van der Waals surface area contributed by atoms with E-state index in [0.29, 0.717) is 49.2 Å². The molecule has 172 valence electrons. The quantitative estimate of drug-likeness (QED) is 0.746. The van der Waals surface area contributed by atoms with E-state index < -0.39 is 6.04 Å². The third-order valence-corrected chi connectivity index (χ3v) is 6.72. The molecule has 4 rings (SSSR count).